The molecule has 0 bridgehead atoms. The summed E-state index contributed by atoms with van der Waals surface area (Å²) < 4.78 is 65.3. The van der Waals surface area contributed by atoms with E-state index in [1.807, 2.05) is 0 Å². The molecule has 6 atom stereocenters. The Hall–Kier alpha value is -1.03. The van der Waals surface area contributed by atoms with Crippen LogP contribution in [0.5, 0.6) is 0 Å². The maximum absolute atomic E-state index is 15.3. The molecule has 2 aliphatic rings. The number of phosphoric ester groups is 1. The van der Waals surface area contributed by atoms with Crippen LogP contribution in [-0.4, -0.2) is 71.0 Å². The molecule has 2 aliphatic heterocycles. The van der Waals surface area contributed by atoms with Crippen molar-refractivity contribution in [3.05, 3.63) is 24.7 Å². The first kappa shape index (κ1) is 27.2. The predicted octanol–water partition coefficient (Wildman–Crippen LogP) is -0.730. The molecule has 184 valence electrons. The second-order valence-electron chi connectivity index (χ2n) is 6.53. The van der Waals surface area contributed by atoms with Gasteiger partial charge in [-0.2, -0.15) is 8.62 Å². The van der Waals surface area contributed by atoms with Crippen molar-refractivity contribution in [2.24, 2.45) is 0 Å². The van der Waals surface area contributed by atoms with Crippen molar-refractivity contribution in [3.8, 4) is 0 Å². The standard InChI is InChI=1S/C12H20FN2O14P3/c1-3-11(18)9(17)12(13,27-10(11)15-5-4-8(16)14-7(15)2)6-26-31(22,23)29-32(24,25)28-30(19,20)21/h4-5,9-10,17-18H,2-3,6H2,1H3,(H,14,16)(H,22,23)(H,24,25)(H2,19,20,21)/t9-,10+,11+,12+/m0/s1. The third-order valence-electron chi connectivity index (χ3n) is 4.24. The third-order valence-corrected chi connectivity index (χ3v) is 8.02. The number of phosphoric acid groups is 3. The van der Waals surface area contributed by atoms with Gasteiger partial charge < -0.3 is 44.7 Å². The number of amides is 1. The molecule has 0 saturated carbocycles. The molecule has 16 nitrogen and oxygen atoms in total. The molecule has 0 aliphatic carbocycles. The number of carbonyl (C=O) groups is 1. The van der Waals surface area contributed by atoms with Crippen molar-refractivity contribution in [2.45, 2.75) is 37.1 Å². The van der Waals surface area contributed by atoms with Gasteiger partial charge in [0.15, 0.2) is 6.23 Å². The molecule has 7 N–H and O–H groups in total. The van der Waals surface area contributed by atoms with Gasteiger partial charge in [0.05, 0.1) is 0 Å². The number of hydrogen-bond donors (Lipinski definition) is 7. The first-order valence-corrected chi connectivity index (χ1v) is 12.9. The number of carbonyl (C=O) groups excluding carboxylic acids is 1. The summed E-state index contributed by atoms with van der Waals surface area (Å²) in [5.74, 6) is -4.18. The lowest BCUT2D eigenvalue weighted by molar-refractivity contribution is -0.207. The Morgan fingerprint density at radius 3 is 2.34 bits per heavy atom. The molecule has 2 rings (SSSR count). The summed E-state index contributed by atoms with van der Waals surface area (Å²) in [7, 11) is -17.2. The number of alkyl halides is 1. The number of hydrogen-bond acceptors (Lipinski definition) is 11. The monoisotopic (exact) mass is 528 g/mol. The minimum Gasteiger partial charge on any atom is -0.384 e. The number of aliphatic hydroxyl groups is 2. The van der Waals surface area contributed by atoms with Gasteiger partial charge in [0, 0.05) is 12.3 Å². The van der Waals surface area contributed by atoms with E-state index in [0.717, 1.165) is 17.2 Å². The molecule has 1 fully saturated rings. The highest BCUT2D eigenvalue weighted by Crippen LogP contribution is 2.66. The molecule has 1 amide bonds. The van der Waals surface area contributed by atoms with Crippen LogP contribution in [0, 0.1) is 0 Å². The van der Waals surface area contributed by atoms with Crippen LogP contribution in [0.3, 0.4) is 0 Å². The fourth-order valence-corrected chi connectivity index (χ4v) is 5.85. The smallest absolute Gasteiger partial charge is 0.384 e. The Morgan fingerprint density at radius 1 is 1.25 bits per heavy atom. The molecule has 0 aromatic rings. The first-order valence-electron chi connectivity index (χ1n) is 8.36. The van der Waals surface area contributed by atoms with Crippen LogP contribution in [0.15, 0.2) is 24.7 Å². The molecule has 1 saturated heterocycles. The number of ether oxygens (including phenoxy) is 1. The summed E-state index contributed by atoms with van der Waals surface area (Å²) in [6.07, 6.45) is -2.47. The summed E-state index contributed by atoms with van der Waals surface area (Å²) >= 11 is 0. The number of nitrogens with one attached hydrogen (secondary N) is 1. The van der Waals surface area contributed by atoms with Crippen molar-refractivity contribution in [3.63, 3.8) is 0 Å². The lowest BCUT2D eigenvalue weighted by Crippen LogP contribution is -2.56. The molecule has 2 heterocycles. The van der Waals surface area contributed by atoms with Gasteiger partial charge in [-0.05, 0) is 6.42 Å². The van der Waals surface area contributed by atoms with Crippen LogP contribution in [0.1, 0.15) is 13.3 Å². The second-order valence-corrected chi connectivity index (χ2v) is 10.9. The van der Waals surface area contributed by atoms with Gasteiger partial charge in [0.25, 0.3) is 11.8 Å². The maximum atomic E-state index is 15.3. The van der Waals surface area contributed by atoms with Gasteiger partial charge in [-0.25, -0.2) is 18.1 Å². The zero-order valence-electron chi connectivity index (χ0n) is 16.0. The molecule has 0 spiro atoms. The van der Waals surface area contributed by atoms with E-state index < -0.39 is 59.8 Å². The van der Waals surface area contributed by atoms with E-state index in [1.54, 1.807) is 0 Å². The van der Waals surface area contributed by atoms with E-state index in [9.17, 15) is 33.6 Å². The summed E-state index contributed by atoms with van der Waals surface area (Å²) in [6.45, 7) is 3.16. The van der Waals surface area contributed by atoms with Crippen LogP contribution in [-0.2, 0) is 36.4 Å². The number of halogens is 1. The zero-order chi connectivity index (χ0) is 24.8. The molecule has 32 heavy (non-hydrogen) atoms. The van der Waals surface area contributed by atoms with Gasteiger partial charge in [-0.1, -0.05) is 13.5 Å². The van der Waals surface area contributed by atoms with Crippen LogP contribution >= 0.6 is 23.5 Å². The number of rotatable bonds is 9. The van der Waals surface area contributed by atoms with Gasteiger partial charge in [-0.15, -0.1) is 0 Å². The van der Waals surface area contributed by atoms with E-state index >= 15 is 4.39 Å². The molecular formula is C12H20FN2O14P3. The number of nitrogens with zero attached hydrogens (tertiary/aromatic N) is 1. The minimum absolute atomic E-state index is 0.168. The quantitative estimate of drug-likeness (QED) is 0.183. The van der Waals surface area contributed by atoms with Crippen molar-refractivity contribution < 1.29 is 70.5 Å². The van der Waals surface area contributed by atoms with Gasteiger partial charge in [0.1, 0.15) is 24.1 Å². The minimum atomic E-state index is -5.86. The largest absolute Gasteiger partial charge is 0.490 e. The SMILES string of the molecule is C=C1NC(=O)C=CN1[C@@H]1O[C@](F)(COP(=O)(O)OP(=O)(O)OP(=O)(O)O)[C@@H](O)[C@]1(O)CC. The summed E-state index contributed by atoms with van der Waals surface area (Å²) in [4.78, 5) is 47.9. The highest BCUT2D eigenvalue weighted by molar-refractivity contribution is 7.66. The lowest BCUT2D eigenvalue weighted by atomic mass is 9.90. The van der Waals surface area contributed by atoms with Crippen molar-refractivity contribution in [1.82, 2.24) is 10.2 Å². The van der Waals surface area contributed by atoms with Crippen molar-refractivity contribution in [2.75, 3.05) is 6.61 Å². The predicted molar refractivity (Wildman–Crippen MR) is 98.0 cm³/mol. The molecule has 0 radical (unpaired) electrons. The van der Waals surface area contributed by atoms with E-state index in [-0.39, 0.29) is 12.2 Å². The normalized spacial score (nSPS) is 34.8. The first-order chi connectivity index (χ1) is 14.3. The molecule has 2 unspecified atom stereocenters. The fraction of sp³-hybridized carbons (Fsp3) is 0.583. The molecule has 0 aromatic heterocycles. The zero-order valence-corrected chi connectivity index (χ0v) is 18.7. The highest BCUT2D eigenvalue weighted by atomic mass is 31.3. The van der Waals surface area contributed by atoms with Gasteiger partial charge in [-0.3, -0.25) is 9.32 Å². The lowest BCUT2D eigenvalue weighted by Gasteiger charge is -2.38. The van der Waals surface area contributed by atoms with Gasteiger partial charge >= 0.3 is 23.5 Å². The van der Waals surface area contributed by atoms with Crippen molar-refractivity contribution in [1.29, 1.82) is 0 Å². The summed E-state index contributed by atoms with van der Waals surface area (Å²) in [6, 6.07) is 0. The topological polar surface area (TPSA) is 242 Å². The molecular weight excluding hydrogens is 508 g/mol. The average Bonchev–Trinajstić information content (AvgIpc) is 2.80. The van der Waals surface area contributed by atoms with Crippen LogP contribution in [0.4, 0.5) is 4.39 Å². The van der Waals surface area contributed by atoms with E-state index in [4.69, 9.17) is 19.4 Å². The van der Waals surface area contributed by atoms with E-state index in [0.29, 0.717) is 0 Å². The van der Waals surface area contributed by atoms with Crippen LogP contribution in [0.2, 0.25) is 0 Å². The highest BCUT2D eigenvalue weighted by Gasteiger charge is 2.66. The van der Waals surface area contributed by atoms with Crippen molar-refractivity contribution >= 4 is 29.4 Å². The Morgan fingerprint density at radius 2 is 1.84 bits per heavy atom. The third kappa shape index (κ3) is 6.10. The Bertz CT molecular complexity index is 955. The molecule has 0 aromatic carbocycles. The van der Waals surface area contributed by atoms with Crippen LogP contribution < -0.4 is 5.32 Å². The Labute approximate surface area is 179 Å². The average molecular weight is 528 g/mol. The van der Waals surface area contributed by atoms with E-state index in [2.05, 4.69) is 25.0 Å². The number of aliphatic hydroxyl groups excluding tert-OH is 1. The summed E-state index contributed by atoms with van der Waals surface area (Å²) in [5, 5.41) is 23.4. The van der Waals surface area contributed by atoms with E-state index in [1.165, 1.54) is 6.92 Å². The van der Waals surface area contributed by atoms with Gasteiger partial charge in [0.2, 0.25) is 0 Å². The molecule has 20 heteroatoms. The Balaban J connectivity index is 2.21. The fourth-order valence-electron chi connectivity index (χ4n) is 2.82. The maximum Gasteiger partial charge on any atom is 0.490 e. The van der Waals surface area contributed by atoms with Crippen LogP contribution in [0.25, 0.3) is 0 Å². The summed E-state index contributed by atoms with van der Waals surface area (Å²) in [5.41, 5.74) is -2.39. The Kier molecular flexibility index (Phi) is 7.62. The second kappa shape index (κ2) is 8.96.